The molecule has 1 saturated heterocycles. The average Bonchev–Trinajstić information content (AvgIpc) is 2.64. The molecule has 1 aliphatic heterocycles. The molecule has 0 saturated carbocycles. The highest BCUT2D eigenvalue weighted by Gasteiger charge is 2.23. The number of carboxylic acids is 1. The minimum atomic E-state index is -0.983. The summed E-state index contributed by atoms with van der Waals surface area (Å²) in [4.78, 5) is 15.5. The number of pyridine rings is 1. The number of carbonyl (C=O) groups is 1. The molecule has 94 valence electrons. The molecule has 0 aliphatic carbocycles. The van der Waals surface area contributed by atoms with Gasteiger partial charge in [0.2, 0.25) is 0 Å². The predicted octanol–water partition coefficient (Wildman–Crippen LogP) is 1.56. The first-order chi connectivity index (χ1) is 8.66. The summed E-state index contributed by atoms with van der Waals surface area (Å²) in [6.07, 6.45) is 0.796. The monoisotopic (exact) mass is 309 g/mol. The maximum atomic E-state index is 11.2. The fourth-order valence-electron chi connectivity index (χ4n) is 2.21. The zero-order chi connectivity index (χ0) is 12.7. The number of imidazole rings is 1. The Bertz CT molecular complexity index is 619. The lowest BCUT2D eigenvalue weighted by molar-refractivity contribution is 0.0693. The highest BCUT2D eigenvalue weighted by Crippen LogP contribution is 2.22. The number of aromatic nitrogens is 2. The maximum Gasteiger partial charge on any atom is 0.356 e. The van der Waals surface area contributed by atoms with Crippen LogP contribution < -0.4 is 5.32 Å². The Balaban J connectivity index is 2.14. The first kappa shape index (κ1) is 11.7. The molecule has 3 rings (SSSR count). The summed E-state index contributed by atoms with van der Waals surface area (Å²) in [5.74, 6) is 0.370. The Morgan fingerprint density at radius 2 is 2.33 bits per heavy atom. The number of aromatic carboxylic acids is 1. The van der Waals surface area contributed by atoms with E-state index in [-0.39, 0.29) is 5.69 Å². The van der Waals surface area contributed by atoms with Crippen molar-refractivity contribution in [3.63, 3.8) is 0 Å². The smallest absolute Gasteiger partial charge is 0.356 e. The van der Waals surface area contributed by atoms with Gasteiger partial charge in [-0.15, -0.1) is 0 Å². The van der Waals surface area contributed by atoms with Crippen molar-refractivity contribution in [1.82, 2.24) is 14.7 Å². The Morgan fingerprint density at radius 3 is 2.94 bits per heavy atom. The first-order valence-corrected chi connectivity index (χ1v) is 6.56. The van der Waals surface area contributed by atoms with Crippen molar-refractivity contribution in [3.8, 4) is 0 Å². The molecule has 0 radical (unpaired) electrons. The van der Waals surface area contributed by atoms with E-state index in [2.05, 4.69) is 26.2 Å². The Labute approximate surface area is 112 Å². The summed E-state index contributed by atoms with van der Waals surface area (Å²) in [5, 5.41) is 12.4. The van der Waals surface area contributed by atoms with E-state index in [4.69, 9.17) is 0 Å². The lowest BCUT2D eigenvalue weighted by Gasteiger charge is -2.26. The number of nitrogens with zero attached hydrogens (tertiary/aromatic N) is 2. The van der Waals surface area contributed by atoms with Gasteiger partial charge in [-0.05, 0) is 47.1 Å². The van der Waals surface area contributed by atoms with E-state index in [1.807, 2.05) is 16.5 Å². The zero-order valence-electron chi connectivity index (χ0n) is 9.56. The maximum absolute atomic E-state index is 11.2. The third kappa shape index (κ3) is 1.81. The lowest BCUT2D eigenvalue weighted by atomic mass is 9.99. The molecule has 0 unspecified atom stereocenters. The molecule has 0 spiro atoms. The second-order valence-electron chi connectivity index (χ2n) is 4.48. The van der Waals surface area contributed by atoms with Gasteiger partial charge in [0.15, 0.2) is 5.69 Å². The number of nitrogens with one attached hydrogen (secondary N) is 1. The van der Waals surface area contributed by atoms with Crippen molar-refractivity contribution < 1.29 is 9.90 Å². The van der Waals surface area contributed by atoms with Gasteiger partial charge in [0.25, 0.3) is 0 Å². The first-order valence-electron chi connectivity index (χ1n) is 5.76. The van der Waals surface area contributed by atoms with E-state index in [1.165, 1.54) is 0 Å². The number of halogens is 1. The molecule has 5 nitrogen and oxygen atoms in total. The molecule has 2 N–H and O–H groups in total. The molecule has 0 amide bonds. The third-order valence-electron chi connectivity index (χ3n) is 3.22. The summed E-state index contributed by atoms with van der Waals surface area (Å²) in [6.45, 7) is 1.95. The zero-order valence-corrected chi connectivity index (χ0v) is 11.1. The van der Waals surface area contributed by atoms with Crippen LogP contribution in [0, 0.1) is 5.92 Å². The van der Waals surface area contributed by atoms with Crippen LogP contribution in [0.1, 0.15) is 16.3 Å². The van der Waals surface area contributed by atoms with Crippen molar-refractivity contribution in [2.24, 2.45) is 5.92 Å². The van der Waals surface area contributed by atoms with Gasteiger partial charge in [0.1, 0.15) is 5.82 Å². The number of hydrogen-bond acceptors (Lipinski definition) is 3. The van der Waals surface area contributed by atoms with E-state index in [9.17, 15) is 9.90 Å². The lowest BCUT2D eigenvalue weighted by Crippen LogP contribution is -2.43. The molecule has 2 aromatic rings. The number of hydrogen-bond donors (Lipinski definition) is 2. The van der Waals surface area contributed by atoms with Crippen LogP contribution in [0.25, 0.3) is 5.52 Å². The standard InChI is InChI=1S/C12H12BrN3O2/c13-9-3-1-2-8-11(12(17)18)15-10(16(8)9)4-7-5-14-6-7/h1-3,7,14H,4-6H2,(H,17,18). The van der Waals surface area contributed by atoms with Crippen LogP contribution >= 0.6 is 15.9 Å². The van der Waals surface area contributed by atoms with Crippen LogP contribution in [0.5, 0.6) is 0 Å². The second-order valence-corrected chi connectivity index (χ2v) is 5.29. The highest BCUT2D eigenvalue weighted by molar-refractivity contribution is 9.10. The Kier molecular flexibility index (Phi) is 2.83. The van der Waals surface area contributed by atoms with E-state index >= 15 is 0 Å². The molecule has 0 bridgehead atoms. The van der Waals surface area contributed by atoms with Crippen LogP contribution in [0.2, 0.25) is 0 Å². The van der Waals surface area contributed by atoms with E-state index in [0.29, 0.717) is 11.4 Å². The van der Waals surface area contributed by atoms with Crippen LogP contribution in [0.3, 0.4) is 0 Å². The van der Waals surface area contributed by atoms with Crippen molar-refractivity contribution in [2.75, 3.05) is 13.1 Å². The molecule has 2 aromatic heterocycles. The number of rotatable bonds is 3. The molecule has 1 aliphatic rings. The van der Waals surface area contributed by atoms with Crippen LogP contribution in [-0.2, 0) is 6.42 Å². The van der Waals surface area contributed by atoms with Gasteiger partial charge in [-0.1, -0.05) is 6.07 Å². The highest BCUT2D eigenvalue weighted by atomic mass is 79.9. The van der Waals surface area contributed by atoms with Gasteiger partial charge >= 0.3 is 5.97 Å². The summed E-state index contributed by atoms with van der Waals surface area (Å²) in [7, 11) is 0. The second kappa shape index (κ2) is 4.37. The van der Waals surface area contributed by atoms with Gasteiger partial charge in [-0.3, -0.25) is 4.40 Å². The van der Waals surface area contributed by atoms with Crippen molar-refractivity contribution >= 4 is 27.4 Å². The predicted molar refractivity (Wildman–Crippen MR) is 69.9 cm³/mol. The molecule has 6 heteroatoms. The fraction of sp³-hybridized carbons (Fsp3) is 0.333. The third-order valence-corrected chi connectivity index (χ3v) is 3.84. The topological polar surface area (TPSA) is 66.6 Å². The van der Waals surface area contributed by atoms with Gasteiger partial charge in [-0.25, -0.2) is 9.78 Å². The summed E-state index contributed by atoms with van der Waals surface area (Å²) in [6, 6.07) is 5.49. The van der Waals surface area contributed by atoms with Crippen LogP contribution in [0.15, 0.2) is 22.8 Å². The molecular formula is C12H12BrN3O2. The van der Waals surface area contributed by atoms with Crippen LogP contribution in [-0.4, -0.2) is 33.6 Å². The molecule has 18 heavy (non-hydrogen) atoms. The van der Waals surface area contributed by atoms with E-state index in [0.717, 1.165) is 29.9 Å². The summed E-state index contributed by atoms with van der Waals surface area (Å²) < 4.78 is 2.71. The molecule has 1 fully saturated rings. The quantitative estimate of drug-likeness (QED) is 0.844. The van der Waals surface area contributed by atoms with Crippen molar-refractivity contribution in [3.05, 3.63) is 34.3 Å². The number of carboxylic acid groups (broad SMARTS) is 1. The molecule has 0 atom stereocenters. The summed E-state index contributed by atoms with van der Waals surface area (Å²) in [5.41, 5.74) is 0.762. The van der Waals surface area contributed by atoms with Gasteiger partial charge in [-0.2, -0.15) is 0 Å². The van der Waals surface area contributed by atoms with Crippen molar-refractivity contribution in [1.29, 1.82) is 0 Å². The Morgan fingerprint density at radius 1 is 1.56 bits per heavy atom. The van der Waals surface area contributed by atoms with Crippen LogP contribution in [0.4, 0.5) is 0 Å². The minimum absolute atomic E-state index is 0.124. The van der Waals surface area contributed by atoms with Crippen molar-refractivity contribution in [2.45, 2.75) is 6.42 Å². The largest absolute Gasteiger partial charge is 0.476 e. The van der Waals surface area contributed by atoms with Gasteiger partial charge in [0, 0.05) is 6.42 Å². The Hall–Kier alpha value is -1.40. The fourth-order valence-corrected chi connectivity index (χ4v) is 2.76. The minimum Gasteiger partial charge on any atom is -0.476 e. The van der Waals surface area contributed by atoms with E-state index in [1.54, 1.807) is 6.07 Å². The average molecular weight is 310 g/mol. The van der Waals surface area contributed by atoms with E-state index < -0.39 is 5.97 Å². The normalized spacial score (nSPS) is 15.8. The molecule has 0 aromatic carbocycles. The SMILES string of the molecule is O=C(O)c1nc(CC2CNC2)n2c(Br)cccc12. The number of fused-ring (bicyclic) bond motifs is 1. The molecular weight excluding hydrogens is 298 g/mol. The van der Waals surface area contributed by atoms with Gasteiger partial charge in [0.05, 0.1) is 10.1 Å². The van der Waals surface area contributed by atoms with Gasteiger partial charge < -0.3 is 10.4 Å². The molecule has 3 heterocycles. The summed E-state index contributed by atoms with van der Waals surface area (Å²) >= 11 is 3.45.